The molecule has 0 amide bonds. The third kappa shape index (κ3) is 6.95. The molecule has 1 atom stereocenters. The van der Waals surface area contributed by atoms with Crippen LogP contribution >= 0.6 is 7.60 Å². The van der Waals surface area contributed by atoms with E-state index in [0.29, 0.717) is 13.2 Å². The molecule has 0 bridgehead atoms. The van der Waals surface area contributed by atoms with Crippen LogP contribution in [0.3, 0.4) is 0 Å². The van der Waals surface area contributed by atoms with Crippen molar-refractivity contribution in [1.82, 2.24) is 0 Å². The van der Waals surface area contributed by atoms with Crippen molar-refractivity contribution in [3.8, 4) is 11.8 Å². The van der Waals surface area contributed by atoms with Crippen LogP contribution in [0.1, 0.15) is 59.8 Å². The van der Waals surface area contributed by atoms with Gasteiger partial charge in [-0.15, -0.1) is 0 Å². The fraction of sp³-hybridized carbons (Fsp3) is 0.882. The molecule has 1 fully saturated rings. The van der Waals surface area contributed by atoms with E-state index in [-0.39, 0.29) is 12.5 Å². The Balaban J connectivity index is 2.75. The van der Waals surface area contributed by atoms with Crippen molar-refractivity contribution in [2.45, 2.75) is 71.7 Å². The second-order valence-electron chi connectivity index (χ2n) is 5.52. The molecular formula is C17H31O5P. The first kappa shape index (κ1) is 20.7. The molecule has 0 radical (unpaired) electrons. The number of hydrogen-bond acceptors (Lipinski definition) is 5. The van der Waals surface area contributed by atoms with Gasteiger partial charge in [0, 0.05) is 6.61 Å². The third-order valence-corrected chi connectivity index (χ3v) is 5.73. The van der Waals surface area contributed by atoms with Gasteiger partial charge in [0.25, 0.3) is 0 Å². The highest BCUT2D eigenvalue weighted by atomic mass is 31.2. The number of hydrogen-bond donors (Lipinski definition) is 0. The third-order valence-electron chi connectivity index (χ3n) is 3.88. The molecule has 0 aromatic rings. The molecule has 1 heterocycles. The van der Waals surface area contributed by atoms with Crippen molar-refractivity contribution >= 4 is 7.60 Å². The van der Waals surface area contributed by atoms with Gasteiger partial charge in [-0.1, -0.05) is 25.7 Å². The molecule has 0 aliphatic carbocycles. The second-order valence-corrected chi connectivity index (χ2v) is 7.58. The molecule has 1 saturated heterocycles. The monoisotopic (exact) mass is 346 g/mol. The summed E-state index contributed by atoms with van der Waals surface area (Å²) in [6.07, 6.45) is 4.51. The molecular weight excluding hydrogens is 315 g/mol. The first-order valence-corrected chi connectivity index (χ1v) is 10.4. The minimum atomic E-state index is -3.13. The molecule has 0 aromatic carbocycles. The summed E-state index contributed by atoms with van der Waals surface area (Å²) >= 11 is 0. The largest absolute Gasteiger partial charge is 0.353 e. The van der Waals surface area contributed by atoms with Gasteiger partial charge in [-0.3, -0.25) is 4.57 Å². The summed E-state index contributed by atoms with van der Waals surface area (Å²) in [5.74, 6) is 6.15. The van der Waals surface area contributed by atoms with E-state index in [1.165, 1.54) is 0 Å². The molecule has 0 spiro atoms. The zero-order valence-electron chi connectivity index (χ0n) is 14.9. The highest BCUT2D eigenvalue weighted by molar-refractivity contribution is 7.54. The Labute approximate surface area is 140 Å². The van der Waals surface area contributed by atoms with Crippen LogP contribution in [0.2, 0.25) is 0 Å². The molecule has 1 aliphatic heterocycles. The van der Waals surface area contributed by atoms with Crippen molar-refractivity contribution < 1.29 is 23.1 Å². The molecule has 134 valence electrons. The Morgan fingerprint density at radius 2 is 1.78 bits per heavy atom. The smallest absolute Gasteiger partial charge is 0.342 e. The maximum absolute atomic E-state index is 12.5. The molecule has 5 nitrogen and oxygen atoms in total. The summed E-state index contributed by atoms with van der Waals surface area (Å²) < 4.78 is 34.8. The lowest BCUT2D eigenvalue weighted by Crippen LogP contribution is -2.37. The molecule has 0 N–H and O–H groups in total. The van der Waals surface area contributed by atoms with E-state index in [1.807, 2.05) is 13.8 Å². The Morgan fingerprint density at radius 1 is 1.13 bits per heavy atom. The van der Waals surface area contributed by atoms with Crippen LogP contribution < -0.4 is 0 Å². The summed E-state index contributed by atoms with van der Waals surface area (Å²) in [6.45, 7) is 9.12. The SMILES string of the molecule is CCOP(=O)(CC#CC(CC)(CC)OC1CCCCO1)OCC. The number of ether oxygens (including phenoxy) is 2. The Hall–Kier alpha value is -0.370. The van der Waals surface area contributed by atoms with E-state index in [0.717, 1.165) is 38.7 Å². The minimum absolute atomic E-state index is 0.0886. The van der Waals surface area contributed by atoms with E-state index in [9.17, 15) is 4.57 Å². The van der Waals surface area contributed by atoms with Crippen molar-refractivity contribution in [1.29, 1.82) is 0 Å². The van der Waals surface area contributed by atoms with Crippen LogP contribution in [-0.2, 0) is 23.1 Å². The molecule has 6 heteroatoms. The normalized spacial score (nSPS) is 19.2. The first-order chi connectivity index (χ1) is 11.0. The molecule has 23 heavy (non-hydrogen) atoms. The molecule has 1 unspecified atom stereocenters. The summed E-state index contributed by atoms with van der Waals surface area (Å²) in [6, 6.07) is 0. The lowest BCUT2D eigenvalue weighted by molar-refractivity contribution is -0.209. The van der Waals surface area contributed by atoms with Crippen molar-refractivity contribution in [3.05, 3.63) is 0 Å². The van der Waals surface area contributed by atoms with Crippen molar-refractivity contribution in [2.24, 2.45) is 0 Å². The van der Waals surface area contributed by atoms with Gasteiger partial charge in [0.1, 0.15) is 11.8 Å². The summed E-state index contributed by atoms with van der Waals surface area (Å²) in [5, 5.41) is 0. The summed E-state index contributed by atoms with van der Waals surface area (Å²) in [5.41, 5.74) is -0.564. The van der Waals surface area contributed by atoms with Crippen molar-refractivity contribution in [3.63, 3.8) is 0 Å². The predicted octanol–water partition coefficient (Wildman–Crippen LogP) is 4.36. The van der Waals surface area contributed by atoms with Crippen LogP contribution in [0.25, 0.3) is 0 Å². The maximum Gasteiger partial charge on any atom is 0.342 e. The van der Waals surface area contributed by atoms with E-state index in [4.69, 9.17) is 18.5 Å². The fourth-order valence-corrected chi connectivity index (χ4v) is 3.81. The second kappa shape index (κ2) is 10.5. The Morgan fingerprint density at radius 3 is 2.26 bits per heavy atom. The lowest BCUT2D eigenvalue weighted by Gasteiger charge is -2.33. The van der Waals surface area contributed by atoms with Crippen LogP contribution in [-0.4, -0.2) is 37.9 Å². The van der Waals surface area contributed by atoms with Crippen LogP contribution in [0.15, 0.2) is 0 Å². The molecule has 0 aromatic heterocycles. The predicted molar refractivity (Wildman–Crippen MR) is 91.5 cm³/mol. The Bertz CT molecular complexity index is 420. The Kier molecular flexibility index (Phi) is 9.43. The average molecular weight is 346 g/mol. The maximum atomic E-state index is 12.5. The van der Waals surface area contributed by atoms with Gasteiger partial charge in [-0.25, -0.2) is 0 Å². The molecule has 1 rings (SSSR count). The fourth-order valence-electron chi connectivity index (χ4n) is 2.50. The topological polar surface area (TPSA) is 54.0 Å². The summed E-state index contributed by atoms with van der Waals surface area (Å²) in [7, 11) is -3.13. The van der Waals surface area contributed by atoms with Crippen LogP contribution in [0, 0.1) is 11.8 Å². The molecule has 0 saturated carbocycles. The van der Waals surface area contributed by atoms with Crippen molar-refractivity contribution in [2.75, 3.05) is 26.0 Å². The summed E-state index contributed by atoms with van der Waals surface area (Å²) in [4.78, 5) is 0. The average Bonchev–Trinajstić information content (AvgIpc) is 2.55. The van der Waals surface area contributed by atoms with Gasteiger partial charge in [-0.05, 0) is 46.0 Å². The first-order valence-electron chi connectivity index (χ1n) is 8.70. The van der Waals surface area contributed by atoms with Gasteiger partial charge in [0.2, 0.25) is 0 Å². The highest BCUT2D eigenvalue weighted by Gasteiger charge is 2.30. The van der Waals surface area contributed by atoms with Gasteiger partial charge >= 0.3 is 7.60 Å². The van der Waals surface area contributed by atoms with Gasteiger partial charge in [-0.2, -0.15) is 0 Å². The van der Waals surface area contributed by atoms with Gasteiger partial charge in [0.15, 0.2) is 6.29 Å². The van der Waals surface area contributed by atoms with Crippen LogP contribution in [0.5, 0.6) is 0 Å². The van der Waals surface area contributed by atoms with E-state index >= 15 is 0 Å². The number of rotatable bonds is 9. The zero-order valence-corrected chi connectivity index (χ0v) is 15.8. The molecule has 1 aliphatic rings. The van der Waals surface area contributed by atoms with Gasteiger partial charge in [0.05, 0.1) is 13.2 Å². The quantitative estimate of drug-likeness (QED) is 0.459. The standard InChI is InChI=1S/C17H31O5P/c1-5-17(6-2,22-16-12-9-10-14-19-16)13-11-15-23(18,20-7-3)21-8-4/h16H,5-10,12,14-15H2,1-4H3. The highest BCUT2D eigenvalue weighted by Crippen LogP contribution is 2.47. The van der Waals surface area contributed by atoms with E-state index in [1.54, 1.807) is 13.8 Å². The van der Waals surface area contributed by atoms with E-state index < -0.39 is 13.2 Å². The lowest BCUT2D eigenvalue weighted by atomic mass is 9.97. The zero-order chi connectivity index (χ0) is 17.2. The minimum Gasteiger partial charge on any atom is -0.353 e. The van der Waals surface area contributed by atoms with Gasteiger partial charge < -0.3 is 18.5 Å². The van der Waals surface area contributed by atoms with Crippen LogP contribution in [0.4, 0.5) is 0 Å². The van der Waals surface area contributed by atoms with E-state index in [2.05, 4.69) is 11.8 Å².